The van der Waals surface area contributed by atoms with Gasteiger partial charge < -0.3 is 8.98 Å². The number of rotatable bonds is 4. The van der Waals surface area contributed by atoms with Gasteiger partial charge in [0.25, 0.3) is 0 Å². The molecule has 0 saturated heterocycles. The van der Waals surface area contributed by atoms with E-state index in [9.17, 15) is 0 Å². The zero-order valence-corrected chi connectivity index (χ0v) is 26.0. The van der Waals surface area contributed by atoms with Crippen molar-refractivity contribution >= 4 is 65.3 Å². The van der Waals surface area contributed by atoms with Gasteiger partial charge in [0, 0.05) is 38.4 Å². The Labute approximate surface area is 274 Å². The van der Waals surface area contributed by atoms with E-state index in [1.165, 1.54) is 32.9 Å². The van der Waals surface area contributed by atoms with Crippen molar-refractivity contribution in [2.45, 2.75) is 0 Å². The van der Waals surface area contributed by atoms with Gasteiger partial charge in [-0.25, -0.2) is 4.98 Å². The number of fused-ring (bicyclic) bond motifs is 8. The van der Waals surface area contributed by atoms with Crippen LogP contribution in [0.3, 0.4) is 0 Å². The summed E-state index contributed by atoms with van der Waals surface area (Å²) in [7, 11) is 0. The number of furan rings is 1. The zero-order chi connectivity index (χ0) is 30.9. The molecule has 220 valence electrons. The molecule has 0 spiro atoms. The number of para-hydroxylation sites is 2. The molecule has 0 unspecified atom stereocenters. The predicted molar refractivity (Wildman–Crippen MR) is 198 cm³/mol. The monoisotopic (exact) mass is 618 g/mol. The standard InChI is InChI=1S/C43H26N2OS/c1-3-12-27(13-4-1)29-16-9-17-30(26-29)45-36-22-8-7-18-32(36)39-34(21-11-23-37(39)45)43-44-35-24-25-38-40(42(35)47-43)33-20-10-19-31(41(33)46-38)28-14-5-2-6-15-28/h1-26H. The molecule has 7 aromatic carbocycles. The van der Waals surface area contributed by atoms with Crippen molar-refractivity contribution < 1.29 is 4.42 Å². The smallest absolute Gasteiger partial charge is 0.143 e. The van der Waals surface area contributed by atoms with Crippen molar-refractivity contribution in [3.63, 3.8) is 0 Å². The van der Waals surface area contributed by atoms with E-state index in [2.05, 4.69) is 156 Å². The number of benzene rings is 7. The SMILES string of the molecule is c1ccc(-c2cccc(-n3c4ccccc4c4c(-c5nc6ccc7oc8c(-c9ccccc9)cccc8c7c6s5)cccc43)c2)cc1. The molecule has 3 aromatic heterocycles. The second kappa shape index (κ2) is 10.3. The molecule has 3 nitrogen and oxygen atoms in total. The maximum atomic E-state index is 6.56. The molecule has 0 amide bonds. The summed E-state index contributed by atoms with van der Waals surface area (Å²) >= 11 is 1.75. The van der Waals surface area contributed by atoms with Crippen molar-refractivity contribution in [3.05, 3.63) is 158 Å². The number of nitrogens with zero attached hydrogens (tertiary/aromatic N) is 2. The highest BCUT2D eigenvalue weighted by atomic mass is 32.1. The third-order valence-electron chi connectivity index (χ3n) is 9.24. The minimum absolute atomic E-state index is 0.888. The van der Waals surface area contributed by atoms with Crippen LogP contribution in [0.5, 0.6) is 0 Å². The van der Waals surface area contributed by atoms with Crippen molar-refractivity contribution in [1.82, 2.24) is 9.55 Å². The van der Waals surface area contributed by atoms with Crippen LogP contribution in [0.4, 0.5) is 0 Å². The number of aromatic nitrogens is 2. The Hall–Kier alpha value is -5.97. The topological polar surface area (TPSA) is 31.0 Å². The molecule has 0 N–H and O–H groups in total. The van der Waals surface area contributed by atoms with Crippen LogP contribution >= 0.6 is 11.3 Å². The van der Waals surface area contributed by atoms with Gasteiger partial charge in [-0.15, -0.1) is 11.3 Å². The lowest BCUT2D eigenvalue weighted by Gasteiger charge is -2.10. The largest absolute Gasteiger partial charge is 0.455 e. The van der Waals surface area contributed by atoms with Crippen molar-refractivity contribution in [1.29, 1.82) is 0 Å². The lowest BCUT2D eigenvalue weighted by Crippen LogP contribution is -1.94. The van der Waals surface area contributed by atoms with Crippen molar-refractivity contribution in [2.75, 3.05) is 0 Å². The van der Waals surface area contributed by atoms with Crippen LogP contribution in [-0.2, 0) is 0 Å². The molecular formula is C43H26N2OS. The molecule has 0 saturated carbocycles. The number of hydrogen-bond acceptors (Lipinski definition) is 3. The Balaban J connectivity index is 1.20. The van der Waals surface area contributed by atoms with Gasteiger partial charge in [-0.05, 0) is 53.1 Å². The second-order valence-corrected chi connectivity index (χ2v) is 12.9. The first-order chi connectivity index (χ1) is 23.3. The summed E-state index contributed by atoms with van der Waals surface area (Å²) in [4.78, 5) is 5.26. The highest BCUT2D eigenvalue weighted by molar-refractivity contribution is 7.22. The third-order valence-corrected chi connectivity index (χ3v) is 10.4. The van der Waals surface area contributed by atoms with Crippen LogP contribution < -0.4 is 0 Å². The summed E-state index contributed by atoms with van der Waals surface area (Å²) < 4.78 is 10.1. The van der Waals surface area contributed by atoms with E-state index in [1.807, 2.05) is 6.07 Å². The normalized spacial score (nSPS) is 11.8. The quantitative estimate of drug-likeness (QED) is 0.196. The second-order valence-electron chi connectivity index (χ2n) is 11.9. The molecule has 47 heavy (non-hydrogen) atoms. The van der Waals surface area contributed by atoms with Gasteiger partial charge in [-0.3, -0.25) is 0 Å². The fourth-order valence-electron chi connectivity index (χ4n) is 7.16. The van der Waals surface area contributed by atoms with Crippen LogP contribution in [-0.4, -0.2) is 9.55 Å². The Bertz CT molecular complexity index is 2790. The number of hydrogen-bond donors (Lipinski definition) is 0. The molecule has 10 aromatic rings. The van der Waals surface area contributed by atoms with E-state index in [4.69, 9.17) is 9.40 Å². The van der Waals surface area contributed by atoms with E-state index in [1.54, 1.807) is 11.3 Å². The number of thiazole rings is 1. The average Bonchev–Trinajstić information content (AvgIpc) is 3.84. The van der Waals surface area contributed by atoms with Crippen molar-refractivity contribution in [2.24, 2.45) is 0 Å². The summed E-state index contributed by atoms with van der Waals surface area (Å²) in [5.41, 5.74) is 12.1. The Morgan fingerprint density at radius 2 is 1.19 bits per heavy atom. The van der Waals surface area contributed by atoms with Crippen LogP contribution in [0, 0.1) is 0 Å². The molecular weight excluding hydrogens is 593 g/mol. The molecule has 0 bridgehead atoms. The van der Waals surface area contributed by atoms with E-state index in [0.717, 1.165) is 59.5 Å². The highest BCUT2D eigenvalue weighted by Crippen LogP contribution is 2.45. The van der Waals surface area contributed by atoms with Crippen LogP contribution in [0.1, 0.15) is 0 Å². The lowest BCUT2D eigenvalue weighted by atomic mass is 10.0. The molecule has 4 heteroatoms. The van der Waals surface area contributed by atoms with E-state index < -0.39 is 0 Å². The highest BCUT2D eigenvalue weighted by Gasteiger charge is 2.21. The Kier molecular flexibility index (Phi) is 5.74. The third kappa shape index (κ3) is 4.02. The summed E-state index contributed by atoms with van der Waals surface area (Å²) in [5.74, 6) is 0. The van der Waals surface area contributed by atoms with Gasteiger partial charge in [0.2, 0.25) is 0 Å². The van der Waals surface area contributed by atoms with Gasteiger partial charge in [0.15, 0.2) is 0 Å². The summed E-state index contributed by atoms with van der Waals surface area (Å²) in [6, 6.07) is 55.8. The van der Waals surface area contributed by atoms with Gasteiger partial charge >= 0.3 is 0 Å². The summed E-state index contributed by atoms with van der Waals surface area (Å²) in [6.45, 7) is 0. The van der Waals surface area contributed by atoms with Gasteiger partial charge in [0.1, 0.15) is 16.2 Å². The first-order valence-corrected chi connectivity index (χ1v) is 16.6. The van der Waals surface area contributed by atoms with Gasteiger partial charge in [0.05, 0.1) is 21.3 Å². The maximum Gasteiger partial charge on any atom is 0.143 e. The van der Waals surface area contributed by atoms with E-state index in [0.29, 0.717) is 0 Å². The van der Waals surface area contributed by atoms with Gasteiger partial charge in [-0.1, -0.05) is 121 Å². The minimum atomic E-state index is 0.888. The molecule has 3 heterocycles. The first-order valence-electron chi connectivity index (χ1n) is 15.8. The van der Waals surface area contributed by atoms with E-state index >= 15 is 0 Å². The van der Waals surface area contributed by atoms with Crippen LogP contribution in [0.25, 0.3) is 92.5 Å². The first kappa shape index (κ1) is 26.3. The van der Waals surface area contributed by atoms with Crippen LogP contribution in [0.15, 0.2) is 162 Å². The Morgan fingerprint density at radius 1 is 0.511 bits per heavy atom. The molecule has 0 atom stereocenters. The van der Waals surface area contributed by atoms with Gasteiger partial charge in [-0.2, -0.15) is 0 Å². The summed E-state index contributed by atoms with van der Waals surface area (Å²) in [6.07, 6.45) is 0. The zero-order valence-electron chi connectivity index (χ0n) is 25.2. The molecule has 0 aliphatic rings. The maximum absolute atomic E-state index is 6.56. The molecule has 0 aliphatic heterocycles. The fourth-order valence-corrected chi connectivity index (χ4v) is 8.31. The van der Waals surface area contributed by atoms with Crippen molar-refractivity contribution in [3.8, 4) is 38.5 Å². The van der Waals surface area contributed by atoms with E-state index in [-0.39, 0.29) is 0 Å². The lowest BCUT2D eigenvalue weighted by molar-refractivity contribution is 0.670. The Morgan fingerprint density at radius 3 is 2.06 bits per heavy atom. The fraction of sp³-hybridized carbons (Fsp3) is 0. The van der Waals surface area contributed by atoms with Crippen LogP contribution in [0.2, 0.25) is 0 Å². The minimum Gasteiger partial charge on any atom is -0.455 e. The molecule has 0 radical (unpaired) electrons. The predicted octanol–water partition coefficient (Wildman–Crippen LogP) is 12.3. The molecule has 10 rings (SSSR count). The summed E-state index contributed by atoms with van der Waals surface area (Å²) in [5, 5.41) is 5.69. The molecule has 0 aliphatic carbocycles. The average molecular weight is 619 g/mol. The molecule has 0 fully saturated rings.